The molecule has 3 aromatic rings. The van der Waals surface area contributed by atoms with E-state index >= 15 is 0 Å². The number of aromatic amines is 2. The lowest BCUT2D eigenvalue weighted by atomic mass is 10.0. The molecule has 3 rings (SSSR count). The molecular weight excluding hydrogens is 320 g/mol. The van der Waals surface area contributed by atoms with Crippen molar-refractivity contribution in [3.05, 3.63) is 68.0 Å². The van der Waals surface area contributed by atoms with E-state index in [1.54, 1.807) is 18.2 Å². The number of carbonyl (C=O) groups excluding carboxylic acids is 1. The van der Waals surface area contributed by atoms with E-state index < -0.39 is 0 Å². The number of fused-ring (bicyclic) bond motifs is 1. The van der Waals surface area contributed by atoms with Gasteiger partial charge in [-0.3, -0.25) is 4.79 Å². The average molecular weight is 331 g/mol. The average Bonchev–Trinajstić information content (AvgIpc) is 2.79. The van der Waals surface area contributed by atoms with Crippen LogP contribution in [0.5, 0.6) is 0 Å². The molecule has 0 saturated carbocycles. The highest BCUT2D eigenvalue weighted by Crippen LogP contribution is 2.22. The van der Waals surface area contributed by atoms with Crippen LogP contribution in [-0.2, 0) is 0 Å². The molecule has 5 heteroatoms. The summed E-state index contributed by atoms with van der Waals surface area (Å²) in [5.41, 5.74) is 3.22. The van der Waals surface area contributed by atoms with Crippen molar-refractivity contribution in [1.82, 2.24) is 9.97 Å². The first-order valence-corrected chi connectivity index (χ1v) is 6.87. The van der Waals surface area contributed by atoms with E-state index in [4.69, 9.17) is 0 Å². The highest BCUT2D eigenvalue weighted by molar-refractivity contribution is 9.10. The molecule has 2 N–H and O–H groups in total. The van der Waals surface area contributed by atoms with Gasteiger partial charge in [-0.25, -0.2) is 4.79 Å². The summed E-state index contributed by atoms with van der Waals surface area (Å²) >= 11 is 3.40. The van der Waals surface area contributed by atoms with E-state index in [9.17, 15) is 9.59 Å². The zero-order chi connectivity index (χ0) is 14.3. The van der Waals surface area contributed by atoms with Crippen LogP contribution in [0.4, 0.5) is 0 Å². The Kier molecular flexibility index (Phi) is 3.06. The number of imidazole rings is 1. The van der Waals surface area contributed by atoms with E-state index in [2.05, 4.69) is 25.9 Å². The van der Waals surface area contributed by atoms with E-state index in [1.807, 2.05) is 25.1 Å². The number of halogens is 1. The van der Waals surface area contributed by atoms with Crippen molar-refractivity contribution in [2.75, 3.05) is 0 Å². The second kappa shape index (κ2) is 4.76. The summed E-state index contributed by atoms with van der Waals surface area (Å²) in [6.07, 6.45) is 0. The zero-order valence-corrected chi connectivity index (χ0v) is 12.2. The minimum Gasteiger partial charge on any atom is -0.306 e. The van der Waals surface area contributed by atoms with Crippen LogP contribution in [0.15, 0.2) is 45.7 Å². The van der Waals surface area contributed by atoms with Crippen molar-refractivity contribution in [2.24, 2.45) is 0 Å². The van der Waals surface area contributed by atoms with Gasteiger partial charge in [-0.15, -0.1) is 0 Å². The Balaban J connectivity index is 2.12. The standard InChI is InChI=1S/C15H11BrN2O2/c1-8-2-4-11(16)10(6-8)14(19)9-3-5-12-13(7-9)18-15(20)17-12/h2-7H,1H3,(H2,17,18,20). The lowest BCUT2D eigenvalue weighted by molar-refractivity contribution is 0.103. The minimum absolute atomic E-state index is 0.0791. The fourth-order valence-corrected chi connectivity index (χ4v) is 2.57. The summed E-state index contributed by atoms with van der Waals surface area (Å²) in [4.78, 5) is 29.1. The molecule has 0 saturated heterocycles. The Bertz CT molecular complexity index is 877. The number of benzene rings is 2. The fourth-order valence-electron chi connectivity index (χ4n) is 2.14. The minimum atomic E-state index is -0.277. The Morgan fingerprint density at radius 3 is 2.60 bits per heavy atom. The largest absolute Gasteiger partial charge is 0.323 e. The number of aryl methyl sites for hydroxylation is 1. The molecule has 0 aliphatic heterocycles. The van der Waals surface area contributed by atoms with Gasteiger partial charge in [0.25, 0.3) is 0 Å². The van der Waals surface area contributed by atoms with E-state index in [-0.39, 0.29) is 11.5 Å². The van der Waals surface area contributed by atoms with E-state index in [0.717, 1.165) is 10.0 Å². The van der Waals surface area contributed by atoms with Crippen LogP contribution >= 0.6 is 15.9 Å². The van der Waals surface area contributed by atoms with Gasteiger partial charge in [0.1, 0.15) is 0 Å². The summed E-state index contributed by atoms with van der Waals surface area (Å²) in [7, 11) is 0. The first-order valence-electron chi connectivity index (χ1n) is 6.07. The highest BCUT2D eigenvalue weighted by atomic mass is 79.9. The van der Waals surface area contributed by atoms with Gasteiger partial charge in [-0.1, -0.05) is 27.6 Å². The van der Waals surface area contributed by atoms with E-state index in [0.29, 0.717) is 22.2 Å². The first-order chi connectivity index (χ1) is 9.54. The molecule has 0 aliphatic carbocycles. The summed E-state index contributed by atoms with van der Waals surface area (Å²) < 4.78 is 0.760. The predicted molar refractivity (Wildman–Crippen MR) is 81.2 cm³/mol. The molecule has 1 heterocycles. The quantitative estimate of drug-likeness (QED) is 0.709. The van der Waals surface area contributed by atoms with Crippen LogP contribution < -0.4 is 5.69 Å². The Morgan fingerprint density at radius 1 is 1.05 bits per heavy atom. The summed E-state index contributed by atoms with van der Waals surface area (Å²) in [6.45, 7) is 1.94. The molecule has 0 aliphatic rings. The number of nitrogens with one attached hydrogen (secondary N) is 2. The molecule has 2 aromatic carbocycles. The number of hydrogen-bond acceptors (Lipinski definition) is 2. The second-order valence-electron chi connectivity index (χ2n) is 4.65. The van der Waals surface area contributed by atoms with Crippen molar-refractivity contribution in [3.8, 4) is 0 Å². The van der Waals surface area contributed by atoms with Crippen molar-refractivity contribution < 1.29 is 4.79 Å². The van der Waals surface area contributed by atoms with Crippen LogP contribution in [0.2, 0.25) is 0 Å². The number of H-pyrrole nitrogens is 2. The number of hydrogen-bond donors (Lipinski definition) is 2. The third kappa shape index (κ3) is 2.20. The van der Waals surface area contributed by atoms with Crippen molar-refractivity contribution in [1.29, 1.82) is 0 Å². The number of rotatable bonds is 2. The van der Waals surface area contributed by atoms with Crippen molar-refractivity contribution >= 4 is 32.7 Å². The van der Waals surface area contributed by atoms with Crippen molar-refractivity contribution in [3.63, 3.8) is 0 Å². The lowest BCUT2D eigenvalue weighted by Gasteiger charge is -2.05. The van der Waals surface area contributed by atoms with E-state index in [1.165, 1.54) is 0 Å². The maximum Gasteiger partial charge on any atom is 0.323 e. The van der Waals surface area contributed by atoms with Crippen LogP contribution in [0, 0.1) is 6.92 Å². The molecule has 1 aromatic heterocycles. The van der Waals surface area contributed by atoms with Crippen molar-refractivity contribution in [2.45, 2.75) is 6.92 Å². The molecule has 20 heavy (non-hydrogen) atoms. The molecule has 0 unspecified atom stereocenters. The predicted octanol–water partition coefficient (Wildman–Crippen LogP) is 3.16. The molecule has 0 atom stereocenters. The number of ketones is 1. The normalized spacial score (nSPS) is 10.9. The lowest BCUT2D eigenvalue weighted by Crippen LogP contribution is -2.02. The molecule has 0 radical (unpaired) electrons. The summed E-state index contributed by atoms with van der Waals surface area (Å²) in [5, 5.41) is 0. The van der Waals surface area contributed by atoms with Gasteiger partial charge in [-0.05, 0) is 37.3 Å². The summed E-state index contributed by atoms with van der Waals surface area (Å²) in [5.74, 6) is -0.0791. The van der Waals surface area contributed by atoms with Gasteiger partial charge in [0, 0.05) is 15.6 Å². The van der Waals surface area contributed by atoms with Gasteiger partial charge in [0.15, 0.2) is 5.78 Å². The maximum absolute atomic E-state index is 12.5. The smallest absolute Gasteiger partial charge is 0.306 e. The molecular formula is C15H11BrN2O2. The monoisotopic (exact) mass is 330 g/mol. The number of aromatic nitrogens is 2. The van der Waals surface area contributed by atoms with Gasteiger partial charge < -0.3 is 9.97 Å². The van der Waals surface area contributed by atoms with Gasteiger partial charge in [0.2, 0.25) is 0 Å². The summed E-state index contributed by atoms with van der Waals surface area (Å²) in [6, 6.07) is 10.8. The topological polar surface area (TPSA) is 65.7 Å². The van der Waals surface area contributed by atoms with Crippen LogP contribution in [-0.4, -0.2) is 15.8 Å². The third-order valence-electron chi connectivity index (χ3n) is 3.14. The van der Waals surface area contributed by atoms with Gasteiger partial charge >= 0.3 is 5.69 Å². The first kappa shape index (κ1) is 12.9. The fraction of sp³-hybridized carbons (Fsp3) is 0.0667. The Hall–Kier alpha value is -2.14. The Morgan fingerprint density at radius 2 is 1.80 bits per heavy atom. The molecule has 0 fully saturated rings. The van der Waals surface area contributed by atoms with Crippen LogP contribution in [0.3, 0.4) is 0 Å². The maximum atomic E-state index is 12.5. The molecule has 0 bridgehead atoms. The SMILES string of the molecule is Cc1ccc(Br)c(C(=O)c2ccc3[nH]c(=O)[nH]c3c2)c1. The molecule has 4 nitrogen and oxygen atoms in total. The van der Waals surface area contributed by atoms with Gasteiger partial charge in [-0.2, -0.15) is 0 Å². The number of carbonyl (C=O) groups is 1. The molecule has 100 valence electrons. The molecule has 0 amide bonds. The van der Waals surface area contributed by atoms with Gasteiger partial charge in [0.05, 0.1) is 11.0 Å². The second-order valence-corrected chi connectivity index (χ2v) is 5.51. The highest BCUT2D eigenvalue weighted by Gasteiger charge is 2.13. The van der Waals surface area contributed by atoms with Crippen LogP contribution in [0.25, 0.3) is 11.0 Å². The molecule has 0 spiro atoms. The Labute approximate surface area is 123 Å². The zero-order valence-electron chi connectivity index (χ0n) is 10.7. The van der Waals surface area contributed by atoms with Crippen LogP contribution in [0.1, 0.15) is 21.5 Å². The third-order valence-corrected chi connectivity index (χ3v) is 3.84.